The Morgan fingerprint density at radius 2 is 1.76 bits per heavy atom. The van der Waals surface area contributed by atoms with Crippen molar-refractivity contribution in [2.75, 3.05) is 36.8 Å². The number of benzene rings is 2. The van der Waals surface area contributed by atoms with Crippen molar-refractivity contribution >= 4 is 21.5 Å². The van der Waals surface area contributed by atoms with E-state index in [0.29, 0.717) is 24.3 Å². The molecule has 0 radical (unpaired) electrons. The second-order valence-corrected chi connectivity index (χ2v) is 11.7. The minimum atomic E-state index is -4.46. The van der Waals surface area contributed by atoms with E-state index in [2.05, 4.69) is 19.6 Å². The normalized spacial score (nSPS) is 15.3. The lowest BCUT2D eigenvalue weighted by Crippen LogP contribution is -2.45. The van der Waals surface area contributed by atoms with Crippen LogP contribution in [0.4, 0.5) is 29.1 Å². The predicted molar refractivity (Wildman–Crippen MR) is 162 cm³/mol. The molecule has 1 atom stereocenters. The Hall–Kier alpha value is -3.25. The number of alkyl halides is 2. The maximum absolute atomic E-state index is 14.6. The van der Waals surface area contributed by atoms with E-state index in [9.17, 15) is 26.0 Å². The zero-order valence-electron chi connectivity index (χ0n) is 25.3. The van der Waals surface area contributed by atoms with Gasteiger partial charge < -0.3 is 9.80 Å². The van der Waals surface area contributed by atoms with E-state index in [0.717, 1.165) is 50.2 Å². The van der Waals surface area contributed by atoms with Crippen LogP contribution in [0.2, 0.25) is 0 Å². The first kappa shape index (κ1) is 34.9. The third-order valence-corrected chi connectivity index (χ3v) is 8.15. The molecule has 234 valence electrons. The van der Waals surface area contributed by atoms with E-state index in [4.69, 9.17) is 0 Å². The average molecular weight is 614 g/mol. The van der Waals surface area contributed by atoms with Gasteiger partial charge in [0.25, 0.3) is 15.9 Å². The SMILES string of the molecule is CC.CCc1ccc(C)c(C(C)(F)F)c1.CN(C)C1CCCN(c2cc(F)c(S(=O)(=O)Nc3ccncn3)c(F)c2)C1.[HH]. The van der Waals surface area contributed by atoms with Crippen LogP contribution in [0.3, 0.4) is 0 Å². The number of hydrogen-bond acceptors (Lipinski definition) is 6. The molecule has 1 aromatic heterocycles. The third-order valence-electron chi connectivity index (χ3n) is 6.75. The fraction of sp³-hybridized carbons (Fsp3) is 0.467. The van der Waals surface area contributed by atoms with E-state index < -0.39 is 32.5 Å². The molecule has 3 aromatic rings. The smallest absolute Gasteiger partial charge is 0.270 e. The number of hydrogen-bond donors (Lipinski definition) is 1. The van der Waals surface area contributed by atoms with Crippen molar-refractivity contribution in [2.24, 2.45) is 0 Å². The molecule has 0 amide bonds. The van der Waals surface area contributed by atoms with Crippen molar-refractivity contribution in [2.45, 2.75) is 70.7 Å². The first-order valence-corrected chi connectivity index (χ1v) is 15.4. The predicted octanol–water partition coefficient (Wildman–Crippen LogP) is 7.03. The zero-order valence-corrected chi connectivity index (χ0v) is 26.1. The molecule has 42 heavy (non-hydrogen) atoms. The highest BCUT2D eigenvalue weighted by Gasteiger charge is 2.29. The van der Waals surface area contributed by atoms with Gasteiger partial charge in [0.2, 0.25) is 0 Å². The number of anilines is 2. The average Bonchev–Trinajstić information content (AvgIpc) is 2.94. The molecule has 0 saturated carbocycles. The molecule has 2 aromatic carbocycles. The maximum Gasteiger partial charge on any atom is 0.270 e. The molecule has 1 unspecified atom stereocenters. The van der Waals surface area contributed by atoms with Gasteiger partial charge in [-0.3, -0.25) is 4.72 Å². The molecule has 1 fully saturated rings. The van der Waals surface area contributed by atoms with Crippen molar-refractivity contribution in [3.05, 3.63) is 77.2 Å². The van der Waals surface area contributed by atoms with Crippen molar-refractivity contribution in [3.63, 3.8) is 0 Å². The minimum Gasteiger partial charge on any atom is -0.370 e. The van der Waals surface area contributed by atoms with Crippen molar-refractivity contribution in [1.29, 1.82) is 0 Å². The summed E-state index contributed by atoms with van der Waals surface area (Å²) in [7, 11) is -0.539. The summed E-state index contributed by atoms with van der Waals surface area (Å²) in [6.07, 6.45) is 5.14. The number of aromatic nitrogens is 2. The number of piperidine rings is 1. The van der Waals surface area contributed by atoms with Gasteiger partial charge in [-0.2, -0.15) is 0 Å². The van der Waals surface area contributed by atoms with Crippen molar-refractivity contribution < 1.29 is 27.4 Å². The second kappa shape index (κ2) is 15.3. The lowest BCUT2D eigenvalue weighted by Gasteiger charge is -2.37. The summed E-state index contributed by atoms with van der Waals surface area (Å²) < 4.78 is 82.1. The fourth-order valence-electron chi connectivity index (χ4n) is 4.50. The van der Waals surface area contributed by atoms with Crippen LogP contribution >= 0.6 is 0 Å². The van der Waals surface area contributed by atoms with Gasteiger partial charge in [-0.25, -0.2) is 35.9 Å². The summed E-state index contributed by atoms with van der Waals surface area (Å²) in [6.45, 7) is 9.90. The van der Waals surface area contributed by atoms with Gasteiger partial charge in [-0.05, 0) is 75.7 Å². The van der Waals surface area contributed by atoms with Crippen LogP contribution in [0.5, 0.6) is 0 Å². The van der Waals surface area contributed by atoms with Gasteiger partial charge in [0.15, 0.2) is 4.90 Å². The number of halogens is 4. The minimum absolute atomic E-state index is 0. The van der Waals surface area contributed by atoms with Gasteiger partial charge >= 0.3 is 0 Å². The Morgan fingerprint density at radius 3 is 2.29 bits per heavy atom. The highest BCUT2D eigenvalue weighted by atomic mass is 32.2. The van der Waals surface area contributed by atoms with Gasteiger partial charge in [0.05, 0.1) is 0 Å². The Balaban J connectivity index is 0.000000488. The van der Waals surface area contributed by atoms with Crippen LogP contribution in [-0.4, -0.2) is 56.5 Å². The van der Waals surface area contributed by atoms with Gasteiger partial charge in [0, 0.05) is 44.9 Å². The van der Waals surface area contributed by atoms with Crippen LogP contribution < -0.4 is 9.62 Å². The maximum atomic E-state index is 14.6. The fourth-order valence-corrected chi connectivity index (χ4v) is 5.63. The van der Waals surface area contributed by atoms with Crippen LogP contribution in [0.25, 0.3) is 0 Å². The molecule has 1 aliphatic heterocycles. The van der Waals surface area contributed by atoms with Crippen molar-refractivity contribution in [3.8, 4) is 0 Å². The Labute approximate surface area is 248 Å². The summed E-state index contributed by atoms with van der Waals surface area (Å²) >= 11 is 0. The monoisotopic (exact) mass is 613 g/mol. The molecule has 0 spiro atoms. The molecular formula is C30H43F4N5O2S. The summed E-state index contributed by atoms with van der Waals surface area (Å²) in [6, 6.07) is 8.93. The van der Waals surface area contributed by atoms with Gasteiger partial charge in [0.1, 0.15) is 23.8 Å². The molecule has 2 heterocycles. The lowest BCUT2D eigenvalue weighted by atomic mass is 9.99. The van der Waals surface area contributed by atoms with Gasteiger partial charge in [-0.15, -0.1) is 0 Å². The molecule has 0 bridgehead atoms. The van der Waals surface area contributed by atoms with Crippen LogP contribution in [0.1, 0.15) is 58.7 Å². The zero-order chi connectivity index (χ0) is 31.7. The lowest BCUT2D eigenvalue weighted by molar-refractivity contribution is 0.0167. The van der Waals surface area contributed by atoms with E-state index in [1.54, 1.807) is 19.1 Å². The molecule has 1 aliphatic rings. The summed E-state index contributed by atoms with van der Waals surface area (Å²) in [4.78, 5) is 10.3. The molecule has 1 N–H and O–H groups in total. The molecular weight excluding hydrogens is 570 g/mol. The van der Waals surface area contributed by atoms with E-state index >= 15 is 0 Å². The van der Waals surface area contributed by atoms with Gasteiger partial charge in [-0.1, -0.05) is 32.9 Å². The van der Waals surface area contributed by atoms with E-state index in [-0.39, 0.29) is 18.8 Å². The Morgan fingerprint density at radius 1 is 1.12 bits per heavy atom. The van der Waals surface area contributed by atoms with Crippen LogP contribution in [0.15, 0.2) is 53.8 Å². The van der Waals surface area contributed by atoms with Crippen LogP contribution in [-0.2, 0) is 22.4 Å². The number of aryl methyl sites for hydroxylation is 2. The van der Waals surface area contributed by atoms with E-state index in [1.807, 2.05) is 45.8 Å². The molecule has 4 rings (SSSR count). The number of nitrogens with zero attached hydrogens (tertiary/aromatic N) is 4. The first-order chi connectivity index (χ1) is 19.7. The standard InChI is InChI=1S/C17H21F2N5O2S.C11H14F2.C2H6.H2/c1-23(2)12-4-3-7-24(10-12)13-8-14(18)17(15(19)9-13)27(25,26)22-16-5-6-20-11-21-16;1-4-9-6-5-8(2)10(7-9)11(3,12)13;1-2;/h5-6,8-9,11-12H,3-4,7,10H2,1-2H3,(H,20,21,22);5-7H,4H2,1-3H3;1-2H3;1H. The summed E-state index contributed by atoms with van der Waals surface area (Å²) in [5, 5.41) is 0. The highest BCUT2D eigenvalue weighted by molar-refractivity contribution is 7.92. The largest absolute Gasteiger partial charge is 0.370 e. The van der Waals surface area contributed by atoms with Crippen LogP contribution in [0, 0.1) is 18.6 Å². The summed E-state index contributed by atoms with van der Waals surface area (Å²) in [5.41, 5.74) is 2.09. The highest BCUT2D eigenvalue weighted by Crippen LogP contribution is 2.31. The number of nitrogens with one attached hydrogen (secondary N) is 1. The molecule has 0 aliphatic carbocycles. The quantitative estimate of drug-likeness (QED) is 0.289. The van der Waals surface area contributed by atoms with Crippen molar-refractivity contribution in [1.82, 2.24) is 14.9 Å². The Kier molecular flexibility index (Phi) is 12.7. The molecule has 12 heteroatoms. The topological polar surface area (TPSA) is 78.4 Å². The second-order valence-electron chi connectivity index (χ2n) is 10.0. The Bertz CT molecular complexity index is 1380. The number of likely N-dealkylation sites (N-methyl/N-ethyl adjacent to an activating group) is 1. The molecule has 7 nitrogen and oxygen atoms in total. The number of sulfonamides is 1. The first-order valence-electron chi connectivity index (χ1n) is 13.9. The van der Waals surface area contributed by atoms with E-state index in [1.165, 1.54) is 12.3 Å². The molecule has 1 saturated heterocycles. The summed E-state index contributed by atoms with van der Waals surface area (Å²) in [5.74, 6) is -5.08. The third kappa shape index (κ3) is 9.38. The number of rotatable bonds is 7.